The fraction of sp³-hybridized carbons (Fsp3) is 0.700. The van der Waals surface area contributed by atoms with E-state index in [2.05, 4.69) is 10.1 Å². The Hall–Kier alpha value is -1.39. The topological polar surface area (TPSA) is 76.2 Å². The minimum absolute atomic E-state index is 0.136. The maximum absolute atomic E-state index is 10.9. The molecule has 2 unspecified atom stereocenters. The molecule has 1 N–H and O–H groups in total. The van der Waals surface area contributed by atoms with Gasteiger partial charge in [-0.05, 0) is 5.41 Å². The molecule has 1 heterocycles. The summed E-state index contributed by atoms with van der Waals surface area (Å²) in [5.74, 6) is -0.229. The van der Waals surface area contributed by atoms with Gasteiger partial charge in [-0.2, -0.15) is 4.98 Å². The lowest BCUT2D eigenvalue weighted by Gasteiger charge is -1.96. The second-order valence-electron chi connectivity index (χ2n) is 4.52. The number of hydrogen-bond donors (Lipinski definition) is 1. The van der Waals surface area contributed by atoms with E-state index in [-0.39, 0.29) is 11.3 Å². The molecule has 0 amide bonds. The molecule has 2 atom stereocenters. The highest BCUT2D eigenvalue weighted by Gasteiger charge is 2.65. The summed E-state index contributed by atoms with van der Waals surface area (Å²) in [5.41, 5.74) is -0.274. The number of rotatable bonds is 3. The van der Waals surface area contributed by atoms with Gasteiger partial charge in [0.2, 0.25) is 5.89 Å². The molecule has 0 bridgehead atoms. The minimum atomic E-state index is -0.791. The van der Waals surface area contributed by atoms with Crippen molar-refractivity contribution in [3.05, 3.63) is 11.7 Å². The van der Waals surface area contributed by atoms with Crippen molar-refractivity contribution in [3.8, 4) is 0 Å². The maximum atomic E-state index is 10.9. The van der Waals surface area contributed by atoms with Gasteiger partial charge in [0.15, 0.2) is 5.82 Å². The maximum Gasteiger partial charge on any atom is 0.307 e. The molecule has 1 aromatic rings. The molecule has 1 aliphatic rings. The van der Waals surface area contributed by atoms with Crippen LogP contribution >= 0.6 is 0 Å². The lowest BCUT2D eigenvalue weighted by atomic mass is 10.1. The van der Waals surface area contributed by atoms with E-state index in [1.807, 2.05) is 20.8 Å². The van der Waals surface area contributed by atoms with Crippen LogP contribution in [-0.4, -0.2) is 21.2 Å². The number of hydrogen-bond acceptors (Lipinski definition) is 4. The average Bonchev–Trinajstić information content (AvgIpc) is 2.59. The van der Waals surface area contributed by atoms with Crippen LogP contribution in [0.4, 0.5) is 0 Å². The fourth-order valence-corrected chi connectivity index (χ4v) is 2.10. The second-order valence-corrected chi connectivity index (χ2v) is 4.52. The van der Waals surface area contributed by atoms with Gasteiger partial charge in [0.25, 0.3) is 0 Å². The SMILES string of the molecule is CCc1noc(C2C(C(=O)O)C2(C)C)n1. The van der Waals surface area contributed by atoms with Crippen molar-refractivity contribution in [2.24, 2.45) is 11.3 Å². The van der Waals surface area contributed by atoms with Crippen molar-refractivity contribution < 1.29 is 14.4 Å². The van der Waals surface area contributed by atoms with Gasteiger partial charge in [-0.3, -0.25) is 4.79 Å². The molecule has 5 heteroatoms. The Morgan fingerprint density at radius 1 is 1.60 bits per heavy atom. The Morgan fingerprint density at radius 2 is 2.27 bits per heavy atom. The molecule has 1 saturated carbocycles. The predicted octanol–water partition coefficient (Wildman–Crippen LogP) is 1.46. The van der Waals surface area contributed by atoms with Crippen LogP contribution in [0.1, 0.15) is 38.4 Å². The van der Waals surface area contributed by atoms with E-state index >= 15 is 0 Å². The third-order valence-electron chi connectivity index (χ3n) is 3.16. The summed E-state index contributed by atoms with van der Waals surface area (Å²) in [6.07, 6.45) is 0.703. The van der Waals surface area contributed by atoms with Gasteiger partial charge in [0.05, 0.1) is 11.8 Å². The molecule has 1 aliphatic carbocycles. The highest BCUT2D eigenvalue weighted by molar-refractivity contribution is 5.77. The summed E-state index contributed by atoms with van der Waals surface area (Å²) in [5, 5.41) is 12.8. The number of carbonyl (C=O) groups is 1. The van der Waals surface area contributed by atoms with Gasteiger partial charge in [0.1, 0.15) is 0 Å². The van der Waals surface area contributed by atoms with Gasteiger partial charge >= 0.3 is 5.97 Å². The molecule has 82 valence electrons. The van der Waals surface area contributed by atoms with Gasteiger partial charge in [0, 0.05) is 6.42 Å². The van der Waals surface area contributed by atoms with E-state index in [1.54, 1.807) is 0 Å². The third kappa shape index (κ3) is 1.42. The number of carboxylic acids is 1. The Balaban J connectivity index is 2.23. The van der Waals surface area contributed by atoms with Gasteiger partial charge < -0.3 is 9.63 Å². The van der Waals surface area contributed by atoms with Crippen LogP contribution in [0.3, 0.4) is 0 Å². The first kappa shape index (κ1) is 10.1. The standard InChI is InChI=1S/C10H14N2O3/c1-4-5-11-8(15-12-5)6-7(9(13)14)10(6,2)3/h6-7H,4H2,1-3H3,(H,13,14). The number of aryl methyl sites for hydroxylation is 1. The molecule has 0 radical (unpaired) electrons. The summed E-state index contributed by atoms with van der Waals surface area (Å²) < 4.78 is 5.07. The molecule has 1 aromatic heterocycles. The van der Waals surface area contributed by atoms with Crippen LogP contribution in [0.2, 0.25) is 0 Å². The van der Waals surface area contributed by atoms with E-state index < -0.39 is 11.9 Å². The Labute approximate surface area is 87.5 Å². The minimum Gasteiger partial charge on any atom is -0.481 e. The summed E-state index contributed by atoms with van der Waals surface area (Å²) in [4.78, 5) is 15.1. The normalized spacial score (nSPS) is 27.7. The van der Waals surface area contributed by atoms with Gasteiger partial charge in [-0.1, -0.05) is 25.9 Å². The van der Waals surface area contributed by atoms with Crippen LogP contribution in [-0.2, 0) is 11.2 Å². The lowest BCUT2D eigenvalue weighted by Crippen LogP contribution is -2.03. The van der Waals surface area contributed by atoms with E-state index in [0.717, 1.165) is 0 Å². The molecule has 5 nitrogen and oxygen atoms in total. The summed E-state index contributed by atoms with van der Waals surface area (Å²) in [7, 11) is 0. The largest absolute Gasteiger partial charge is 0.481 e. The average molecular weight is 210 g/mol. The zero-order valence-electron chi connectivity index (χ0n) is 9.02. The van der Waals surface area contributed by atoms with Crippen LogP contribution < -0.4 is 0 Å². The first-order valence-corrected chi connectivity index (χ1v) is 5.03. The number of aromatic nitrogens is 2. The van der Waals surface area contributed by atoms with Crippen molar-refractivity contribution >= 4 is 5.97 Å². The zero-order valence-corrected chi connectivity index (χ0v) is 9.02. The van der Waals surface area contributed by atoms with Crippen molar-refractivity contribution in [1.82, 2.24) is 10.1 Å². The molecule has 0 aromatic carbocycles. The smallest absolute Gasteiger partial charge is 0.307 e. The second kappa shape index (κ2) is 3.05. The van der Waals surface area contributed by atoms with Crippen LogP contribution in [0.25, 0.3) is 0 Å². The molecular weight excluding hydrogens is 196 g/mol. The lowest BCUT2D eigenvalue weighted by molar-refractivity contribution is -0.139. The first-order valence-electron chi connectivity index (χ1n) is 5.03. The van der Waals surface area contributed by atoms with E-state index in [9.17, 15) is 4.79 Å². The molecule has 0 aliphatic heterocycles. The molecule has 0 spiro atoms. The highest BCUT2D eigenvalue weighted by atomic mass is 16.5. The summed E-state index contributed by atoms with van der Waals surface area (Å²) >= 11 is 0. The molecule has 15 heavy (non-hydrogen) atoms. The summed E-state index contributed by atoms with van der Waals surface area (Å²) in [6, 6.07) is 0. The monoisotopic (exact) mass is 210 g/mol. The van der Waals surface area contributed by atoms with E-state index in [1.165, 1.54) is 0 Å². The van der Waals surface area contributed by atoms with Crippen LogP contribution in [0.15, 0.2) is 4.52 Å². The Bertz CT molecular complexity index is 397. The fourth-order valence-electron chi connectivity index (χ4n) is 2.10. The van der Waals surface area contributed by atoms with Gasteiger partial charge in [-0.25, -0.2) is 0 Å². The predicted molar refractivity (Wildman–Crippen MR) is 51.3 cm³/mol. The highest BCUT2D eigenvalue weighted by Crippen LogP contribution is 2.63. The number of carboxylic acid groups (broad SMARTS) is 1. The molecular formula is C10H14N2O3. The Morgan fingerprint density at radius 3 is 2.67 bits per heavy atom. The van der Waals surface area contributed by atoms with E-state index in [0.29, 0.717) is 18.1 Å². The van der Waals surface area contributed by atoms with Crippen molar-refractivity contribution in [3.63, 3.8) is 0 Å². The van der Waals surface area contributed by atoms with Gasteiger partial charge in [-0.15, -0.1) is 0 Å². The first-order chi connectivity index (χ1) is 6.98. The summed E-state index contributed by atoms with van der Waals surface area (Å²) in [6.45, 7) is 5.75. The Kier molecular flexibility index (Phi) is 2.06. The quantitative estimate of drug-likeness (QED) is 0.817. The van der Waals surface area contributed by atoms with Crippen molar-refractivity contribution in [2.45, 2.75) is 33.1 Å². The third-order valence-corrected chi connectivity index (χ3v) is 3.16. The van der Waals surface area contributed by atoms with Crippen molar-refractivity contribution in [1.29, 1.82) is 0 Å². The molecule has 0 saturated heterocycles. The molecule has 2 rings (SSSR count). The van der Waals surface area contributed by atoms with Crippen LogP contribution in [0, 0.1) is 11.3 Å². The van der Waals surface area contributed by atoms with Crippen LogP contribution in [0.5, 0.6) is 0 Å². The number of aliphatic carboxylic acids is 1. The van der Waals surface area contributed by atoms with E-state index in [4.69, 9.17) is 9.63 Å². The molecule has 1 fully saturated rings. The number of nitrogens with zero attached hydrogens (tertiary/aromatic N) is 2. The zero-order chi connectivity index (χ0) is 11.2. The van der Waals surface area contributed by atoms with Crippen molar-refractivity contribution in [2.75, 3.05) is 0 Å².